The summed E-state index contributed by atoms with van der Waals surface area (Å²) < 4.78 is 51.3. The Kier molecular flexibility index (Phi) is 8.05. The van der Waals surface area contributed by atoms with Crippen molar-refractivity contribution in [3.8, 4) is 5.75 Å². The van der Waals surface area contributed by atoms with Crippen molar-refractivity contribution in [1.82, 2.24) is 10.3 Å². The maximum atomic E-state index is 13.9. The predicted octanol–water partition coefficient (Wildman–Crippen LogP) is 7.58. The highest BCUT2D eigenvalue weighted by atomic mass is 19.4. The van der Waals surface area contributed by atoms with Crippen molar-refractivity contribution in [1.29, 1.82) is 0 Å². The number of benzene rings is 2. The minimum Gasteiger partial charge on any atom is -0.486 e. The normalized spacial score (nSPS) is 18.4. The molecule has 2 N–H and O–H groups in total. The van der Waals surface area contributed by atoms with Gasteiger partial charge in [-0.15, -0.1) is 0 Å². The highest BCUT2D eigenvalue weighted by Gasteiger charge is 2.42. The number of hydrogen-bond donors (Lipinski definition) is 2. The minimum atomic E-state index is -4.50. The number of carbonyl (C=O) groups is 2. The molecule has 2 aliphatic rings. The first-order chi connectivity index (χ1) is 21.6. The fraction of sp³-hybridized carbons (Fsp3) is 0.229. The van der Waals surface area contributed by atoms with E-state index < -0.39 is 23.6 Å². The summed E-state index contributed by atoms with van der Waals surface area (Å²) in [5, 5.41) is 6.20. The van der Waals surface area contributed by atoms with E-state index in [4.69, 9.17) is 9.15 Å². The summed E-state index contributed by atoms with van der Waals surface area (Å²) in [6, 6.07) is 21.3. The molecule has 2 aromatic heterocycles. The molecule has 0 bridgehead atoms. The molecule has 0 saturated carbocycles. The van der Waals surface area contributed by atoms with Crippen molar-refractivity contribution in [2.45, 2.75) is 51.3 Å². The summed E-state index contributed by atoms with van der Waals surface area (Å²) in [5.74, 6) is -0.321. The lowest BCUT2D eigenvalue weighted by Gasteiger charge is -2.36. The molecule has 1 aliphatic carbocycles. The maximum Gasteiger partial charge on any atom is 0.416 e. The number of amides is 1. The Hall–Kier alpha value is -5.12. The monoisotopic (exact) mass is 613 g/mol. The van der Waals surface area contributed by atoms with E-state index in [1.807, 2.05) is 43.3 Å². The average Bonchev–Trinajstić information content (AvgIpc) is 3.48. The van der Waals surface area contributed by atoms with Crippen LogP contribution in [0.4, 0.5) is 19.0 Å². The van der Waals surface area contributed by atoms with Crippen LogP contribution in [0.3, 0.4) is 0 Å². The van der Waals surface area contributed by atoms with Gasteiger partial charge in [-0.25, -0.2) is 4.98 Å². The van der Waals surface area contributed by atoms with Gasteiger partial charge >= 0.3 is 6.18 Å². The standard InChI is InChI=1S/C35H30F3N3O4/c1-20-13-14-39-30(15-20)41-34(43)31-21(2)40-27-16-23(22-7-4-3-5-8-22)17-28(42)32(27)33(31)29-12-11-26(45-29)19-44-25-10-6-9-24(18-25)35(36,37)38/h3-15,18,23,33,40H,16-17,19H2,1-2H3,(H,39,41,43)/t23-,33+/m0/s1. The van der Waals surface area contributed by atoms with Gasteiger partial charge in [-0.3, -0.25) is 9.59 Å². The van der Waals surface area contributed by atoms with Crippen LogP contribution in [0.15, 0.2) is 112 Å². The second kappa shape index (κ2) is 12.1. The van der Waals surface area contributed by atoms with Gasteiger partial charge in [-0.05, 0) is 79.8 Å². The summed E-state index contributed by atoms with van der Waals surface area (Å²) in [6.07, 6.45) is -2.07. The van der Waals surface area contributed by atoms with Crippen LogP contribution in [-0.2, 0) is 22.4 Å². The number of anilines is 1. The molecule has 230 valence electrons. The summed E-state index contributed by atoms with van der Waals surface area (Å²) in [7, 11) is 0. The lowest BCUT2D eigenvalue weighted by Crippen LogP contribution is -2.37. The number of rotatable bonds is 7. The van der Waals surface area contributed by atoms with Gasteiger partial charge in [0.2, 0.25) is 0 Å². The van der Waals surface area contributed by atoms with Crippen LogP contribution in [0.2, 0.25) is 0 Å². The molecule has 45 heavy (non-hydrogen) atoms. The number of halogens is 3. The minimum absolute atomic E-state index is 0.0294. The zero-order valence-electron chi connectivity index (χ0n) is 24.6. The van der Waals surface area contributed by atoms with E-state index in [1.165, 1.54) is 12.1 Å². The summed E-state index contributed by atoms with van der Waals surface area (Å²) >= 11 is 0. The first-order valence-electron chi connectivity index (χ1n) is 14.5. The van der Waals surface area contributed by atoms with E-state index in [1.54, 1.807) is 31.3 Å². The number of ketones is 1. The van der Waals surface area contributed by atoms with Crippen LogP contribution in [0, 0.1) is 6.92 Å². The van der Waals surface area contributed by atoms with Gasteiger partial charge in [0.1, 0.15) is 29.7 Å². The number of dihydropyridines is 1. The van der Waals surface area contributed by atoms with Crippen LogP contribution in [0.5, 0.6) is 5.75 Å². The Bertz CT molecular complexity index is 1820. The topological polar surface area (TPSA) is 93.5 Å². The van der Waals surface area contributed by atoms with Crippen LogP contribution in [0.1, 0.15) is 59.8 Å². The number of nitrogens with zero attached hydrogens (tertiary/aromatic N) is 1. The number of aromatic nitrogens is 1. The zero-order chi connectivity index (χ0) is 31.7. The highest BCUT2D eigenvalue weighted by molar-refractivity contribution is 6.09. The number of pyridine rings is 1. The fourth-order valence-corrected chi connectivity index (χ4v) is 5.92. The molecule has 1 amide bonds. The SMILES string of the molecule is CC1=C(C(=O)Nc2cc(C)ccn2)[C@@H](c2ccc(COc3cccc(C(F)(F)F)c3)o2)C2=C(C[C@H](c3ccccc3)CC2=O)N1. The molecule has 2 aromatic carbocycles. The van der Waals surface area contributed by atoms with Crippen LogP contribution in [0.25, 0.3) is 0 Å². The molecular weight excluding hydrogens is 583 g/mol. The van der Waals surface area contributed by atoms with Crippen molar-refractivity contribution in [2.75, 3.05) is 5.32 Å². The van der Waals surface area contributed by atoms with Crippen LogP contribution in [-0.4, -0.2) is 16.7 Å². The lowest BCUT2D eigenvalue weighted by molar-refractivity contribution is -0.137. The molecule has 0 spiro atoms. The Morgan fingerprint density at radius 2 is 1.82 bits per heavy atom. The zero-order valence-corrected chi connectivity index (χ0v) is 24.6. The number of nitrogens with one attached hydrogen (secondary N) is 2. The molecular formula is C35H30F3N3O4. The molecule has 1 aliphatic heterocycles. The van der Waals surface area contributed by atoms with Crippen molar-refractivity contribution in [3.63, 3.8) is 0 Å². The number of ether oxygens (including phenoxy) is 1. The number of Topliss-reactive ketones (excluding diaryl/α,β-unsaturated/α-hetero) is 1. The molecule has 0 saturated heterocycles. The molecule has 10 heteroatoms. The molecule has 0 unspecified atom stereocenters. The van der Waals surface area contributed by atoms with Crippen LogP contribution >= 0.6 is 0 Å². The molecule has 0 fully saturated rings. The van der Waals surface area contributed by atoms with Gasteiger partial charge < -0.3 is 19.8 Å². The van der Waals surface area contributed by atoms with Crippen molar-refractivity contribution in [2.24, 2.45) is 0 Å². The van der Waals surface area contributed by atoms with Gasteiger partial charge in [0.05, 0.1) is 17.1 Å². The number of hydrogen-bond acceptors (Lipinski definition) is 6. The summed E-state index contributed by atoms with van der Waals surface area (Å²) in [5.41, 5.74) is 3.21. The van der Waals surface area contributed by atoms with Gasteiger partial charge in [-0.1, -0.05) is 36.4 Å². The molecule has 0 radical (unpaired) electrons. The third-order valence-corrected chi connectivity index (χ3v) is 8.01. The van der Waals surface area contributed by atoms with Crippen molar-refractivity contribution < 1.29 is 31.9 Å². The second-order valence-electron chi connectivity index (χ2n) is 11.2. The Balaban J connectivity index is 1.33. The quantitative estimate of drug-likeness (QED) is 0.223. The molecule has 7 nitrogen and oxygen atoms in total. The Morgan fingerprint density at radius 3 is 2.58 bits per heavy atom. The van der Waals surface area contributed by atoms with E-state index in [-0.39, 0.29) is 30.5 Å². The van der Waals surface area contributed by atoms with E-state index in [0.717, 1.165) is 29.0 Å². The summed E-state index contributed by atoms with van der Waals surface area (Å²) in [4.78, 5) is 32.0. The van der Waals surface area contributed by atoms with E-state index >= 15 is 0 Å². The average molecular weight is 614 g/mol. The highest BCUT2D eigenvalue weighted by Crippen LogP contribution is 2.46. The molecule has 3 heterocycles. The van der Waals surface area contributed by atoms with E-state index in [2.05, 4.69) is 15.6 Å². The predicted molar refractivity (Wildman–Crippen MR) is 161 cm³/mol. The number of alkyl halides is 3. The van der Waals surface area contributed by atoms with Gasteiger partial charge in [-0.2, -0.15) is 13.2 Å². The maximum absolute atomic E-state index is 13.9. The third kappa shape index (κ3) is 6.40. The molecule has 4 aromatic rings. The van der Waals surface area contributed by atoms with Crippen molar-refractivity contribution in [3.05, 3.63) is 136 Å². The van der Waals surface area contributed by atoms with Crippen LogP contribution < -0.4 is 15.4 Å². The Morgan fingerprint density at radius 1 is 1.02 bits per heavy atom. The van der Waals surface area contributed by atoms with E-state index in [0.29, 0.717) is 40.6 Å². The number of aryl methyl sites for hydroxylation is 1. The summed E-state index contributed by atoms with van der Waals surface area (Å²) in [6.45, 7) is 3.52. The first kappa shape index (κ1) is 29.9. The van der Waals surface area contributed by atoms with Gasteiger partial charge in [0.15, 0.2) is 5.78 Å². The number of carbonyl (C=O) groups excluding carboxylic acids is 2. The molecule has 6 rings (SSSR count). The van der Waals surface area contributed by atoms with Crippen molar-refractivity contribution >= 4 is 17.5 Å². The fourth-order valence-electron chi connectivity index (χ4n) is 5.92. The van der Waals surface area contributed by atoms with Gasteiger partial charge in [0, 0.05) is 29.6 Å². The number of furan rings is 1. The lowest BCUT2D eigenvalue weighted by atomic mass is 9.73. The number of allylic oxidation sites excluding steroid dienone is 3. The second-order valence-corrected chi connectivity index (χ2v) is 11.2. The van der Waals surface area contributed by atoms with E-state index in [9.17, 15) is 22.8 Å². The first-order valence-corrected chi connectivity index (χ1v) is 14.5. The largest absolute Gasteiger partial charge is 0.486 e. The Labute approximate surface area is 257 Å². The third-order valence-electron chi connectivity index (χ3n) is 8.01. The smallest absolute Gasteiger partial charge is 0.416 e. The van der Waals surface area contributed by atoms with Gasteiger partial charge in [0.25, 0.3) is 5.91 Å². The molecule has 2 atom stereocenters.